The van der Waals surface area contributed by atoms with Crippen LogP contribution >= 0.6 is 0 Å². The molecular formula is C15H24N2O. The van der Waals surface area contributed by atoms with Gasteiger partial charge in [0.05, 0.1) is 6.61 Å². The molecular weight excluding hydrogens is 224 g/mol. The van der Waals surface area contributed by atoms with Crippen molar-refractivity contribution in [3.05, 3.63) is 29.8 Å². The van der Waals surface area contributed by atoms with Gasteiger partial charge < -0.3 is 14.9 Å². The minimum absolute atomic E-state index is 0.119. The molecule has 0 aliphatic carbocycles. The standard InChI is InChI=1S/C15H24N2O/c1-16-9-7-13(8-10-16)11-17(2)15-6-4-3-5-14(15)12-18/h3-6,13,18H,7-12H2,1-2H3. The average molecular weight is 248 g/mol. The smallest absolute Gasteiger partial charge is 0.0702 e. The number of rotatable bonds is 4. The zero-order valence-corrected chi connectivity index (χ0v) is 11.5. The Balaban J connectivity index is 1.96. The fraction of sp³-hybridized carbons (Fsp3) is 0.600. The summed E-state index contributed by atoms with van der Waals surface area (Å²) in [5.74, 6) is 0.776. The molecule has 1 aliphatic rings. The van der Waals surface area contributed by atoms with Gasteiger partial charge in [-0.3, -0.25) is 0 Å². The van der Waals surface area contributed by atoms with E-state index in [4.69, 9.17) is 0 Å². The number of benzene rings is 1. The molecule has 1 N–H and O–H groups in total. The first-order chi connectivity index (χ1) is 8.70. The molecule has 1 fully saturated rings. The van der Waals surface area contributed by atoms with Crippen LogP contribution in [0.2, 0.25) is 0 Å². The minimum atomic E-state index is 0.119. The molecule has 18 heavy (non-hydrogen) atoms. The third-order valence-corrected chi connectivity index (χ3v) is 3.94. The van der Waals surface area contributed by atoms with Gasteiger partial charge >= 0.3 is 0 Å². The highest BCUT2D eigenvalue weighted by molar-refractivity contribution is 5.52. The molecule has 0 radical (unpaired) electrons. The summed E-state index contributed by atoms with van der Waals surface area (Å²) in [6.45, 7) is 3.62. The first-order valence-electron chi connectivity index (χ1n) is 6.79. The zero-order valence-electron chi connectivity index (χ0n) is 11.5. The molecule has 0 spiro atoms. The van der Waals surface area contributed by atoms with Gasteiger partial charge in [-0.2, -0.15) is 0 Å². The summed E-state index contributed by atoms with van der Waals surface area (Å²) < 4.78 is 0. The van der Waals surface area contributed by atoms with E-state index in [1.165, 1.54) is 31.6 Å². The maximum atomic E-state index is 9.37. The molecule has 1 heterocycles. The van der Waals surface area contributed by atoms with Gasteiger partial charge in [-0.1, -0.05) is 18.2 Å². The first-order valence-corrected chi connectivity index (χ1v) is 6.79. The van der Waals surface area contributed by atoms with Crippen molar-refractivity contribution in [2.45, 2.75) is 19.4 Å². The molecule has 0 aromatic heterocycles. The van der Waals surface area contributed by atoms with Crippen LogP contribution in [0, 0.1) is 5.92 Å². The number of hydrogen-bond donors (Lipinski definition) is 1. The van der Waals surface area contributed by atoms with Gasteiger partial charge in [-0.05, 0) is 45.0 Å². The summed E-state index contributed by atoms with van der Waals surface area (Å²) in [5.41, 5.74) is 2.19. The molecule has 0 bridgehead atoms. The van der Waals surface area contributed by atoms with E-state index in [0.29, 0.717) is 0 Å². The van der Waals surface area contributed by atoms with Crippen LogP contribution in [0.3, 0.4) is 0 Å². The van der Waals surface area contributed by atoms with Crippen molar-refractivity contribution in [1.82, 2.24) is 4.90 Å². The number of para-hydroxylation sites is 1. The molecule has 100 valence electrons. The van der Waals surface area contributed by atoms with Gasteiger partial charge in [0, 0.05) is 24.8 Å². The lowest BCUT2D eigenvalue weighted by atomic mass is 9.96. The molecule has 1 aliphatic heterocycles. The van der Waals surface area contributed by atoms with Gasteiger partial charge in [-0.15, -0.1) is 0 Å². The van der Waals surface area contributed by atoms with E-state index < -0.39 is 0 Å². The second-order valence-corrected chi connectivity index (χ2v) is 5.41. The fourth-order valence-corrected chi connectivity index (χ4v) is 2.75. The maximum Gasteiger partial charge on any atom is 0.0702 e. The average Bonchev–Trinajstić information content (AvgIpc) is 2.41. The van der Waals surface area contributed by atoms with E-state index in [-0.39, 0.29) is 6.61 Å². The SMILES string of the molecule is CN1CCC(CN(C)c2ccccc2CO)CC1. The van der Waals surface area contributed by atoms with Crippen LogP contribution in [-0.4, -0.2) is 43.7 Å². The molecule has 0 saturated carbocycles. The Hall–Kier alpha value is -1.06. The van der Waals surface area contributed by atoms with Crippen LogP contribution in [0.1, 0.15) is 18.4 Å². The van der Waals surface area contributed by atoms with Crippen molar-refractivity contribution in [1.29, 1.82) is 0 Å². The number of aliphatic hydroxyl groups is 1. The number of hydrogen-bond acceptors (Lipinski definition) is 3. The van der Waals surface area contributed by atoms with E-state index in [9.17, 15) is 5.11 Å². The third kappa shape index (κ3) is 3.24. The van der Waals surface area contributed by atoms with Crippen LogP contribution in [0.25, 0.3) is 0 Å². The van der Waals surface area contributed by atoms with Crippen LogP contribution in [-0.2, 0) is 6.61 Å². The topological polar surface area (TPSA) is 26.7 Å². The third-order valence-electron chi connectivity index (χ3n) is 3.94. The highest BCUT2D eigenvalue weighted by atomic mass is 16.3. The van der Waals surface area contributed by atoms with Gasteiger partial charge in [0.15, 0.2) is 0 Å². The summed E-state index contributed by atoms with van der Waals surface area (Å²) in [4.78, 5) is 4.69. The summed E-state index contributed by atoms with van der Waals surface area (Å²) in [7, 11) is 4.33. The normalized spacial score (nSPS) is 17.9. The van der Waals surface area contributed by atoms with Crippen LogP contribution < -0.4 is 4.90 Å². The van der Waals surface area contributed by atoms with Crippen molar-refractivity contribution >= 4 is 5.69 Å². The van der Waals surface area contributed by atoms with Crippen LogP contribution in [0.5, 0.6) is 0 Å². The summed E-state index contributed by atoms with van der Waals surface area (Å²) >= 11 is 0. The van der Waals surface area contributed by atoms with Gasteiger partial charge in [0.25, 0.3) is 0 Å². The Morgan fingerprint density at radius 3 is 2.61 bits per heavy atom. The Morgan fingerprint density at radius 1 is 1.28 bits per heavy atom. The first kappa shape index (κ1) is 13.4. The largest absolute Gasteiger partial charge is 0.392 e. The predicted octanol–water partition coefficient (Wildman–Crippen LogP) is 1.96. The maximum absolute atomic E-state index is 9.37. The molecule has 1 saturated heterocycles. The lowest BCUT2D eigenvalue weighted by Gasteiger charge is -2.33. The summed E-state index contributed by atoms with van der Waals surface area (Å²) in [5, 5.41) is 9.37. The zero-order chi connectivity index (χ0) is 13.0. The van der Waals surface area contributed by atoms with Crippen LogP contribution in [0.4, 0.5) is 5.69 Å². The van der Waals surface area contributed by atoms with E-state index in [2.05, 4.69) is 30.0 Å². The monoisotopic (exact) mass is 248 g/mol. The number of aliphatic hydroxyl groups excluding tert-OH is 1. The molecule has 3 nitrogen and oxygen atoms in total. The molecule has 0 unspecified atom stereocenters. The Labute approximate surface area is 110 Å². The van der Waals surface area contributed by atoms with Crippen molar-refractivity contribution < 1.29 is 5.11 Å². The molecule has 2 rings (SSSR count). The Bertz CT molecular complexity index is 373. The molecule has 1 aromatic carbocycles. The minimum Gasteiger partial charge on any atom is -0.392 e. The van der Waals surface area contributed by atoms with Gasteiger partial charge in [-0.25, -0.2) is 0 Å². The molecule has 0 atom stereocenters. The number of likely N-dealkylation sites (tertiary alicyclic amines) is 1. The quantitative estimate of drug-likeness (QED) is 0.882. The number of anilines is 1. The van der Waals surface area contributed by atoms with Crippen molar-refractivity contribution in [2.24, 2.45) is 5.92 Å². The number of nitrogens with zero attached hydrogens (tertiary/aromatic N) is 2. The number of piperidine rings is 1. The summed E-state index contributed by atoms with van der Waals surface area (Å²) in [6, 6.07) is 8.12. The van der Waals surface area contributed by atoms with E-state index in [1.54, 1.807) is 0 Å². The Kier molecular flexibility index (Phi) is 4.61. The predicted molar refractivity (Wildman–Crippen MR) is 75.9 cm³/mol. The van der Waals surface area contributed by atoms with E-state index in [1.807, 2.05) is 18.2 Å². The lowest BCUT2D eigenvalue weighted by molar-refractivity contribution is 0.222. The Morgan fingerprint density at radius 2 is 1.94 bits per heavy atom. The van der Waals surface area contributed by atoms with Crippen molar-refractivity contribution in [3.8, 4) is 0 Å². The highest BCUT2D eigenvalue weighted by Gasteiger charge is 2.18. The second kappa shape index (κ2) is 6.21. The lowest BCUT2D eigenvalue weighted by Crippen LogP contribution is -2.36. The van der Waals surface area contributed by atoms with Crippen molar-refractivity contribution in [2.75, 3.05) is 38.6 Å². The van der Waals surface area contributed by atoms with E-state index >= 15 is 0 Å². The van der Waals surface area contributed by atoms with Crippen LogP contribution in [0.15, 0.2) is 24.3 Å². The fourth-order valence-electron chi connectivity index (χ4n) is 2.75. The highest BCUT2D eigenvalue weighted by Crippen LogP contribution is 2.23. The molecule has 1 aromatic rings. The molecule has 3 heteroatoms. The van der Waals surface area contributed by atoms with Gasteiger partial charge in [0.2, 0.25) is 0 Å². The summed E-state index contributed by atoms with van der Waals surface area (Å²) in [6.07, 6.45) is 2.56. The van der Waals surface area contributed by atoms with E-state index in [0.717, 1.165) is 18.0 Å². The van der Waals surface area contributed by atoms with Gasteiger partial charge in [0.1, 0.15) is 0 Å². The molecule has 0 amide bonds. The van der Waals surface area contributed by atoms with Crippen molar-refractivity contribution in [3.63, 3.8) is 0 Å². The second-order valence-electron chi connectivity index (χ2n) is 5.41.